The van der Waals surface area contributed by atoms with Crippen LogP contribution in [0.3, 0.4) is 0 Å². The van der Waals surface area contributed by atoms with Gasteiger partial charge in [-0.1, -0.05) is 19.9 Å². The van der Waals surface area contributed by atoms with E-state index in [0.717, 1.165) is 17.7 Å². The molecule has 1 aromatic heterocycles. The SMILES string of the molecule is CNC(=O)c1c(-c2ccc(F)cc2)oc2ccc(-c3cc(OCCN(C)C)cc(C(=O)NCC(C)C)c3)cc12. The van der Waals surface area contributed by atoms with E-state index in [0.29, 0.717) is 58.2 Å². The average Bonchev–Trinajstić information content (AvgIpc) is 3.30. The van der Waals surface area contributed by atoms with Crippen LogP contribution < -0.4 is 15.4 Å². The van der Waals surface area contributed by atoms with Gasteiger partial charge in [0.05, 0.1) is 5.56 Å². The molecule has 2 N–H and O–H groups in total. The van der Waals surface area contributed by atoms with Crippen molar-refractivity contribution in [3.8, 4) is 28.2 Å². The van der Waals surface area contributed by atoms with Gasteiger partial charge in [-0.2, -0.15) is 0 Å². The fourth-order valence-corrected chi connectivity index (χ4v) is 4.16. The van der Waals surface area contributed by atoms with Gasteiger partial charge in [-0.25, -0.2) is 4.39 Å². The molecule has 0 spiro atoms. The normalized spacial score (nSPS) is 11.3. The Morgan fingerprint density at radius 1 is 0.949 bits per heavy atom. The van der Waals surface area contributed by atoms with Crippen molar-refractivity contribution in [2.75, 3.05) is 40.8 Å². The van der Waals surface area contributed by atoms with E-state index in [1.807, 2.05) is 57.1 Å². The predicted octanol–water partition coefficient (Wildman–Crippen LogP) is 5.59. The number of hydrogen-bond donors (Lipinski definition) is 2. The Kier molecular flexibility index (Phi) is 8.66. The molecule has 0 saturated carbocycles. The van der Waals surface area contributed by atoms with E-state index in [2.05, 4.69) is 10.6 Å². The van der Waals surface area contributed by atoms with Gasteiger partial charge in [0.2, 0.25) is 0 Å². The topological polar surface area (TPSA) is 83.8 Å². The monoisotopic (exact) mass is 531 g/mol. The Bertz CT molecular complexity index is 1480. The van der Waals surface area contributed by atoms with Crippen LogP contribution in [0.5, 0.6) is 5.75 Å². The maximum absolute atomic E-state index is 13.5. The number of carbonyl (C=O) groups is 2. The number of nitrogens with one attached hydrogen (secondary N) is 2. The molecule has 0 saturated heterocycles. The first-order valence-corrected chi connectivity index (χ1v) is 12.9. The van der Waals surface area contributed by atoms with Crippen molar-refractivity contribution in [3.05, 3.63) is 77.6 Å². The van der Waals surface area contributed by atoms with E-state index >= 15 is 0 Å². The first-order chi connectivity index (χ1) is 18.7. The number of fused-ring (bicyclic) bond motifs is 1. The van der Waals surface area contributed by atoms with Crippen molar-refractivity contribution in [1.29, 1.82) is 0 Å². The molecule has 4 aromatic rings. The summed E-state index contributed by atoms with van der Waals surface area (Å²) in [4.78, 5) is 28.0. The van der Waals surface area contributed by atoms with Crippen LogP contribution in [-0.2, 0) is 0 Å². The van der Waals surface area contributed by atoms with E-state index in [1.165, 1.54) is 12.1 Å². The third-order valence-electron chi connectivity index (χ3n) is 6.23. The summed E-state index contributed by atoms with van der Waals surface area (Å²) in [6.45, 7) is 5.82. The van der Waals surface area contributed by atoms with Crippen LogP contribution in [-0.4, -0.2) is 57.6 Å². The standard InChI is InChI=1S/C31H34FN3O4/c1-19(2)18-34-30(36)23-14-22(15-25(16-23)38-13-12-35(4)5)21-8-11-27-26(17-21)28(31(37)33-3)29(39-27)20-6-9-24(32)10-7-20/h6-11,14-17,19H,12-13,18H2,1-5H3,(H,33,37)(H,34,36). The highest BCUT2D eigenvalue weighted by Gasteiger charge is 2.22. The predicted molar refractivity (Wildman–Crippen MR) is 152 cm³/mol. The molecule has 3 aromatic carbocycles. The first kappa shape index (κ1) is 27.9. The zero-order valence-electron chi connectivity index (χ0n) is 22.9. The van der Waals surface area contributed by atoms with Crippen molar-refractivity contribution in [2.45, 2.75) is 13.8 Å². The van der Waals surface area contributed by atoms with Crippen LogP contribution in [0.4, 0.5) is 4.39 Å². The maximum atomic E-state index is 13.5. The molecule has 0 atom stereocenters. The maximum Gasteiger partial charge on any atom is 0.255 e. The zero-order valence-corrected chi connectivity index (χ0v) is 22.9. The van der Waals surface area contributed by atoms with Crippen LogP contribution >= 0.6 is 0 Å². The lowest BCUT2D eigenvalue weighted by molar-refractivity contribution is 0.0945. The summed E-state index contributed by atoms with van der Waals surface area (Å²) in [6, 6.07) is 16.8. The summed E-state index contributed by atoms with van der Waals surface area (Å²) in [5.74, 6) is 0.372. The Morgan fingerprint density at radius 3 is 2.33 bits per heavy atom. The van der Waals surface area contributed by atoms with E-state index in [4.69, 9.17) is 9.15 Å². The van der Waals surface area contributed by atoms with Gasteiger partial charge in [0.1, 0.15) is 29.5 Å². The number of amides is 2. The lowest BCUT2D eigenvalue weighted by Crippen LogP contribution is -2.27. The van der Waals surface area contributed by atoms with Gasteiger partial charge < -0.3 is 24.7 Å². The number of nitrogens with zero attached hydrogens (tertiary/aromatic N) is 1. The average molecular weight is 532 g/mol. The summed E-state index contributed by atoms with van der Waals surface area (Å²) < 4.78 is 25.6. The molecule has 0 unspecified atom stereocenters. The van der Waals surface area contributed by atoms with Crippen LogP contribution in [0.1, 0.15) is 34.6 Å². The highest BCUT2D eigenvalue weighted by Crippen LogP contribution is 2.37. The van der Waals surface area contributed by atoms with Crippen molar-refractivity contribution in [2.24, 2.45) is 5.92 Å². The Morgan fingerprint density at radius 2 is 1.67 bits per heavy atom. The number of carbonyl (C=O) groups excluding carboxylic acids is 2. The smallest absolute Gasteiger partial charge is 0.255 e. The first-order valence-electron chi connectivity index (χ1n) is 12.9. The van der Waals surface area contributed by atoms with Gasteiger partial charge in [0, 0.05) is 36.7 Å². The summed E-state index contributed by atoms with van der Waals surface area (Å²) >= 11 is 0. The number of benzene rings is 3. The van der Waals surface area contributed by atoms with Crippen LogP contribution in [0.2, 0.25) is 0 Å². The van der Waals surface area contributed by atoms with Gasteiger partial charge in [0.15, 0.2) is 0 Å². The van der Waals surface area contributed by atoms with Gasteiger partial charge in [-0.3, -0.25) is 9.59 Å². The Balaban J connectivity index is 1.80. The molecule has 8 heteroatoms. The minimum atomic E-state index is -0.375. The van der Waals surface area contributed by atoms with E-state index in [-0.39, 0.29) is 17.6 Å². The number of hydrogen-bond acceptors (Lipinski definition) is 5. The summed E-state index contributed by atoms with van der Waals surface area (Å²) in [5, 5.41) is 6.25. The van der Waals surface area contributed by atoms with E-state index in [1.54, 1.807) is 31.3 Å². The van der Waals surface area contributed by atoms with Crippen LogP contribution in [0, 0.1) is 11.7 Å². The molecule has 0 aliphatic carbocycles. The van der Waals surface area contributed by atoms with Gasteiger partial charge in [-0.05, 0) is 85.7 Å². The van der Waals surface area contributed by atoms with Crippen LogP contribution in [0.15, 0.2) is 65.1 Å². The second kappa shape index (κ2) is 12.1. The minimum Gasteiger partial charge on any atom is -0.492 e. The van der Waals surface area contributed by atoms with Crippen molar-refractivity contribution >= 4 is 22.8 Å². The number of furan rings is 1. The Labute approximate surface area is 227 Å². The number of likely N-dealkylation sites (N-methyl/N-ethyl adjacent to an activating group) is 1. The molecule has 0 bridgehead atoms. The molecular weight excluding hydrogens is 497 g/mol. The third kappa shape index (κ3) is 6.64. The van der Waals surface area contributed by atoms with Crippen molar-refractivity contribution in [3.63, 3.8) is 0 Å². The summed E-state index contributed by atoms with van der Waals surface area (Å²) in [5.41, 5.74) is 3.50. The number of ether oxygens (including phenoxy) is 1. The molecule has 0 aliphatic rings. The lowest BCUT2D eigenvalue weighted by atomic mass is 9.98. The van der Waals surface area contributed by atoms with Gasteiger partial charge in [-0.15, -0.1) is 0 Å². The molecule has 1 heterocycles. The second-order valence-electron chi connectivity index (χ2n) is 10.1. The van der Waals surface area contributed by atoms with Gasteiger partial charge in [0.25, 0.3) is 11.8 Å². The molecule has 2 amide bonds. The summed E-state index contributed by atoms with van der Waals surface area (Å²) in [6.07, 6.45) is 0. The largest absolute Gasteiger partial charge is 0.492 e. The van der Waals surface area contributed by atoms with Crippen LogP contribution in [0.25, 0.3) is 33.4 Å². The van der Waals surface area contributed by atoms with Crippen molar-refractivity contribution < 1.29 is 23.1 Å². The number of halogens is 1. The highest BCUT2D eigenvalue weighted by molar-refractivity contribution is 6.12. The van der Waals surface area contributed by atoms with Gasteiger partial charge >= 0.3 is 0 Å². The molecule has 39 heavy (non-hydrogen) atoms. The van der Waals surface area contributed by atoms with Crippen molar-refractivity contribution in [1.82, 2.24) is 15.5 Å². The highest BCUT2D eigenvalue weighted by atomic mass is 19.1. The molecule has 204 valence electrons. The Hall–Kier alpha value is -4.17. The second-order valence-corrected chi connectivity index (χ2v) is 10.1. The molecule has 0 aliphatic heterocycles. The summed E-state index contributed by atoms with van der Waals surface area (Å²) in [7, 11) is 5.49. The quantitative estimate of drug-likeness (QED) is 0.279. The minimum absolute atomic E-state index is 0.183. The molecule has 4 rings (SSSR count). The van der Waals surface area contributed by atoms with E-state index in [9.17, 15) is 14.0 Å². The fraction of sp³-hybridized carbons (Fsp3) is 0.290. The fourth-order valence-electron chi connectivity index (χ4n) is 4.16. The van der Waals surface area contributed by atoms with E-state index < -0.39 is 0 Å². The lowest BCUT2D eigenvalue weighted by Gasteiger charge is -2.14. The molecule has 7 nitrogen and oxygen atoms in total. The molecule has 0 fully saturated rings. The number of rotatable bonds is 10. The molecular formula is C31H34FN3O4. The third-order valence-corrected chi connectivity index (χ3v) is 6.23. The molecule has 0 radical (unpaired) electrons. The zero-order chi connectivity index (χ0) is 28.1.